The van der Waals surface area contributed by atoms with E-state index in [0.29, 0.717) is 22.1 Å². The van der Waals surface area contributed by atoms with E-state index >= 15 is 0 Å². The Morgan fingerprint density at radius 1 is 0.570 bits per heavy atom. The molecule has 26 heteroatoms. The van der Waals surface area contributed by atoms with Gasteiger partial charge in [0.25, 0.3) is 0 Å². The number of primary amides is 1. The van der Waals surface area contributed by atoms with Gasteiger partial charge >= 0.3 is 11.9 Å². The van der Waals surface area contributed by atoms with Crippen LogP contribution in [0.15, 0.2) is 85.1 Å². The number of nitrogens with one attached hydrogen (secondary N) is 8. The summed E-state index contributed by atoms with van der Waals surface area (Å²) in [5.74, 6) is -9.64. The Morgan fingerprint density at radius 3 is 1.68 bits per heavy atom. The number of carboxylic acids is 2. The van der Waals surface area contributed by atoms with Crippen LogP contribution in [0.5, 0.6) is 5.75 Å². The first-order chi connectivity index (χ1) is 37.4. The maximum atomic E-state index is 14.3. The number of nitrogens with two attached hydrogens (primary N) is 2. The molecule has 0 radical (unpaired) electrons. The summed E-state index contributed by atoms with van der Waals surface area (Å²) in [5.41, 5.74) is 12.0. The van der Waals surface area contributed by atoms with E-state index in [1.807, 2.05) is 0 Å². The molecule has 0 saturated heterocycles. The third-order valence-corrected chi connectivity index (χ3v) is 12.0. The van der Waals surface area contributed by atoms with Gasteiger partial charge in [-0.1, -0.05) is 74.5 Å². The normalized spacial score (nSPS) is 13.4. The number of carboxylic acid groups (broad SMARTS) is 2. The van der Waals surface area contributed by atoms with Crippen LogP contribution >= 0.6 is 0 Å². The van der Waals surface area contributed by atoms with Crippen molar-refractivity contribution in [2.45, 2.75) is 114 Å². The third kappa shape index (κ3) is 23.0. The highest BCUT2D eigenvalue weighted by Gasteiger charge is 2.34. The predicted molar refractivity (Wildman–Crippen MR) is 285 cm³/mol. The number of hydrogen-bond acceptors (Lipinski definition) is 15. The Labute approximate surface area is 454 Å². The number of carbonyl (C=O) groups excluding carboxylic acids is 8. The molecule has 0 aliphatic carbocycles. The van der Waals surface area contributed by atoms with E-state index in [1.54, 1.807) is 74.6 Å². The second-order valence-electron chi connectivity index (χ2n) is 19.2. The molecule has 4 aromatic rings. The van der Waals surface area contributed by atoms with E-state index in [9.17, 15) is 58.2 Å². The summed E-state index contributed by atoms with van der Waals surface area (Å²) in [4.78, 5) is 133. The van der Waals surface area contributed by atoms with Crippen molar-refractivity contribution in [2.75, 3.05) is 26.4 Å². The van der Waals surface area contributed by atoms with Crippen molar-refractivity contribution in [1.29, 1.82) is 0 Å². The number of phenolic OH excluding ortho intramolecular Hbond substituents is 1. The number of aliphatic hydroxyl groups excluding tert-OH is 3. The summed E-state index contributed by atoms with van der Waals surface area (Å²) in [6.07, 6.45) is 0.0672. The van der Waals surface area contributed by atoms with Crippen LogP contribution in [0.3, 0.4) is 0 Å². The van der Waals surface area contributed by atoms with E-state index in [4.69, 9.17) is 31.9 Å². The summed E-state index contributed by atoms with van der Waals surface area (Å²) in [6.45, 7) is 2.94. The zero-order valence-corrected chi connectivity index (χ0v) is 44.0. The summed E-state index contributed by atoms with van der Waals surface area (Å²) in [5, 5.41) is 71.7. The predicted octanol–water partition coefficient (Wildman–Crippen LogP) is -2.13. The van der Waals surface area contributed by atoms with Crippen LogP contribution in [-0.4, -0.2) is 163 Å². The van der Waals surface area contributed by atoms with Crippen molar-refractivity contribution < 1.29 is 78.6 Å². The van der Waals surface area contributed by atoms with Crippen molar-refractivity contribution in [1.82, 2.24) is 42.2 Å². The number of fused-ring (bicyclic) bond motifs is 1. The molecule has 6 atom stereocenters. The molecule has 0 aliphatic heterocycles. The summed E-state index contributed by atoms with van der Waals surface area (Å²) in [6, 6.07) is 13.2. The number of H-pyrrole nitrogens is 1. The van der Waals surface area contributed by atoms with Crippen LogP contribution < -0.4 is 48.7 Å². The molecule has 0 fully saturated rings. The van der Waals surface area contributed by atoms with Gasteiger partial charge in [0.1, 0.15) is 42.0 Å². The molecule has 8 amide bonds. The van der Waals surface area contributed by atoms with Gasteiger partial charge < -0.3 is 84.3 Å². The zero-order chi connectivity index (χ0) is 58.8. The molecule has 4 rings (SSSR count). The van der Waals surface area contributed by atoms with Gasteiger partial charge in [0.05, 0.1) is 38.3 Å². The first-order valence-corrected chi connectivity index (χ1v) is 25.2. The average Bonchev–Trinajstić information content (AvgIpc) is 3.83. The second kappa shape index (κ2) is 32.3. The molecular formula is C53H72N10O16. The van der Waals surface area contributed by atoms with Crippen LogP contribution in [0, 0.1) is 5.92 Å². The molecule has 1 heterocycles. The molecule has 26 nitrogen and oxygen atoms in total. The lowest BCUT2D eigenvalue weighted by Gasteiger charge is -2.27. The standard InChI is InChI=1S/C49H61N9O13.C4H11NO3/c1-27(2)20-36(47(69)58-39(24-43(64)65)49(71)55-35(44(50)66)21-29-10-5-4-6-11-29)57-48(70)38(23-31-25-51-34-13-8-7-12-33(31)34)54-41(61)26-52-46(68)37(22-30-16-18-32(59)19-17-30)56-45(67)28(3)53-40(60)14-9-15-42(62)63;5-4(1-6,2-7)3-8/h4-8,10-13,16-19,25,27-28,35-39,51,59H,9,14-15,20-24,26H2,1-3H3,(H2,50,66)(H,52,68)(H,53,60)(H,54,61)(H,55,71)(H,56,67)(H,57,70)(H,58,69)(H,62,63)(H,64,65);6-8H,1-3,5H2/t28-,35-,36-,37-,38-,39-;/m0./s1. The van der Waals surface area contributed by atoms with Gasteiger partial charge in [-0.15, -0.1) is 0 Å². The van der Waals surface area contributed by atoms with Gasteiger partial charge in [-0.05, 0) is 60.6 Å². The van der Waals surface area contributed by atoms with Gasteiger partial charge in [0.2, 0.25) is 47.3 Å². The molecule has 1 aromatic heterocycles. The van der Waals surface area contributed by atoms with Crippen LogP contribution in [0.25, 0.3) is 10.9 Å². The van der Waals surface area contributed by atoms with Crippen molar-refractivity contribution in [3.8, 4) is 5.75 Å². The number of phenols is 1. The molecule has 79 heavy (non-hydrogen) atoms. The van der Waals surface area contributed by atoms with Gasteiger partial charge in [-0.3, -0.25) is 47.9 Å². The van der Waals surface area contributed by atoms with Crippen LogP contribution in [-0.2, 0) is 67.2 Å². The van der Waals surface area contributed by atoms with Gasteiger partial charge in [-0.25, -0.2) is 0 Å². The lowest BCUT2D eigenvalue weighted by molar-refractivity contribution is -0.141. The molecular weight excluding hydrogens is 1030 g/mol. The molecule has 0 spiro atoms. The number of amides is 8. The highest BCUT2D eigenvalue weighted by molar-refractivity contribution is 5.98. The molecule has 3 aromatic carbocycles. The average molecular weight is 1110 g/mol. The minimum absolute atomic E-state index is 0.0120. The quantitative estimate of drug-likeness (QED) is 0.0256. The fourth-order valence-electron chi connectivity index (χ4n) is 7.55. The lowest BCUT2D eigenvalue weighted by Crippen LogP contribution is -2.59. The largest absolute Gasteiger partial charge is 0.508 e. The molecule has 0 saturated carbocycles. The number of rotatable bonds is 31. The maximum absolute atomic E-state index is 14.3. The first kappa shape index (κ1) is 64.8. The Morgan fingerprint density at radius 2 is 1.10 bits per heavy atom. The maximum Gasteiger partial charge on any atom is 0.305 e. The minimum atomic E-state index is -1.71. The Kier molecular flexibility index (Phi) is 26.5. The molecule has 0 unspecified atom stereocenters. The number of aliphatic hydroxyl groups is 3. The van der Waals surface area contributed by atoms with E-state index in [1.165, 1.54) is 31.2 Å². The third-order valence-electron chi connectivity index (χ3n) is 12.0. The fraction of sp³-hybridized carbons (Fsp3) is 0.434. The van der Waals surface area contributed by atoms with Crippen LogP contribution in [0.2, 0.25) is 0 Å². The van der Waals surface area contributed by atoms with Gasteiger partial charge in [-0.2, -0.15) is 0 Å². The fourth-order valence-corrected chi connectivity index (χ4v) is 7.55. The van der Waals surface area contributed by atoms with E-state index < -0.39 is 134 Å². The van der Waals surface area contributed by atoms with Crippen LogP contribution in [0.1, 0.15) is 69.6 Å². The van der Waals surface area contributed by atoms with E-state index in [0.717, 1.165) is 5.52 Å². The highest BCUT2D eigenvalue weighted by atomic mass is 16.4. The Hall–Kier alpha value is -8.46. The number of carbonyl (C=O) groups is 10. The monoisotopic (exact) mass is 1100 g/mol. The number of benzene rings is 3. The Bertz CT molecular complexity index is 2690. The summed E-state index contributed by atoms with van der Waals surface area (Å²) in [7, 11) is 0. The van der Waals surface area contributed by atoms with Crippen LogP contribution in [0.4, 0.5) is 0 Å². The van der Waals surface area contributed by atoms with Crippen molar-refractivity contribution >= 4 is 70.1 Å². The number of aliphatic carboxylic acids is 2. The van der Waals surface area contributed by atoms with Crippen molar-refractivity contribution in [3.63, 3.8) is 0 Å². The molecule has 0 bridgehead atoms. The number of para-hydroxylation sites is 1. The van der Waals surface area contributed by atoms with Gasteiger partial charge in [0.15, 0.2) is 0 Å². The second-order valence-corrected chi connectivity index (χ2v) is 19.2. The van der Waals surface area contributed by atoms with Crippen molar-refractivity contribution in [3.05, 3.63) is 102 Å². The minimum Gasteiger partial charge on any atom is -0.508 e. The summed E-state index contributed by atoms with van der Waals surface area (Å²) < 4.78 is 0. The SMILES string of the molecule is CC(C)C[C@H](NC(=O)[C@H](Cc1c[nH]c2ccccc12)NC(=O)CNC(=O)[C@H](Cc1ccc(O)cc1)NC(=O)[C@H](C)NC(=O)CCCC(=O)O)C(=O)N[C@@H](CC(=O)O)C(=O)N[C@@H](Cc1ccccc1)C(N)=O.NC(CO)(CO)CO. The first-order valence-electron chi connectivity index (χ1n) is 25.2. The highest BCUT2D eigenvalue weighted by Crippen LogP contribution is 2.20. The molecule has 0 aliphatic rings. The van der Waals surface area contributed by atoms with E-state index in [2.05, 4.69) is 42.2 Å². The topological polar surface area (TPSA) is 444 Å². The number of hydrogen-bond donors (Lipinski definition) is 16. The van der Waals surface area contributed by atoms with Gasteiger partial charge in [0, 0.05) is 49.2 Å². The summed E-state index contributed by atoms with van der Waals surface area (Å²) >= 11 is 0. The Balaban J connectivity index is 0.00000189. The smallest absolute Gasteiger partial charge is 0.305 e. The number of aromatic nitrogens is 1. The number of aromatic amines is 1. The molecule has 18 N–H and O–H groups in total. The lowest BCUT2D eigenvalue weighted by atomic mass is 10.00. The van der Waals surface area contributed by atoms with E-state index in [-0.39, 0.29) is 56.6 Å². The molecule has 430 valence electrons. The van der Waals surface area contributed by atoms with Crippen molar-refractivity contribution in [2.24, 2.45) is 17.4 Å². The number of aromatic hydroxyl groups is 1. The zero-order valence-electron chi connectivity index (χ0n) is 44.0.